The molecule has 1 aromatic heterocycles. The Kier molecular flexibility index (Phi) is 20.8. The van der Waals surface area contributed by atoms with Gasteiger partial charge in [0.05, 0.1) is 24.4 Å². The number of allylic oxidation sites excluding steroid dienone is 6. The Labute approximate surface area is 408 Å². The van der Waals surface area contributed by atoms with Gasteiger partial charge in [0.15, 0.2) is 5.78 Å². The summed E-state index contributed by atoms with van der Waals surface area (Å²) < 4.78 is 31.6. The smallest absolute Gasteiger partial charge is 0.329 e. The molecule has 0 radical (unpaired) electrons. The number of piperidine rings is 1. The molecule has 4 aliphatic rings. The number of esters is 1. The summed E-state index contributed by atoms with van der Waals surface area (Å²) in [4.78, 5) is 72.3. The number of Topliss-reactive ketones (excluding diaryl/α,β-unsaturated/α-hetero) is 3. The third-order valence-corrected chi connectivity index (χ3v) is 15.2. The Hall–Kier alpha value is -4.26. The van der Waals surface area contributed by atoms with E-state index in [0.717, 1.165) is 18.4 Å². The van der Waals surface area contributed by atoms with E-state index in [2.05, 4.69) is 15.5 Å². The van der Waals surface area contributed by atoms with E-state index in [1.807, 2.05) is 58.1 Å². The van der Waals surface area contributed by atoms with Crippen LogP contribution >= 0.6 is 0 Å². The van der Waals surface area contributed by atoms with Crippen molar-refractivity contribution in [3.63, 3.8) is 0 Å². The van der Waals surface area contributed by atoms with Crippen molar-refractivity contribution >= 4 is 29.2 Å². The Bertz CT molecular complexity index is 2020. The fourth-order valence-electron chi connectivity index (χ4n) is 10.7. The average molecular weight is 966 g/mol. The van der Waals surface area contributed by atoms with Crippen LogP contribution in [0.3, 0.4) is 0 Å². The van der Waals surface area contributed by atoms with E-state index in [1.165, 1.54) is 12.0 Å². The second-order valence-electron chi connectivity index (χ2n) is 20.4. The number of carbonyl (C=O) groups excluding carboxylic acids is 5. The number of hydrogen-bond donors (Lipinski definition) is 2. The Morgan fingerprint density at radius 3 is 2.32 bits per heavy atom. The quantitative estimate of drug-likeness (QED) is 0.181. The first kappa shape index (κ1) is 55.7. The molecule has 4 heterocycles. The number of ketones is 3. The molecule has 1 aliphatic carbocycles. The van der Waals surface area contributed by atoms with Gasteiger partial charge < -0.3 is 38.8 Å². The number of aliphatic hydroxyl groups is 2. The van der Waals surface area contributed by atoms with Crippen LogP contribution in [0, 0.1) is 35.5 Å². The Morgan fingerprint density at radius 2 is 1.64 bits per heavy atom. The van der Waals surface area contributed by atoms with Crippen LogP contribution < -0.4 is 0 Å². The molecule has 0 spiro atoms. The fraction of sp³-hybridized carbons (Fsp3) is 0.731. The van der Waals surface area contributed by atoms with Crippen molar-refractivity contribution in [2.45, 2.75) is 180 Å². The van der Waals surface area contributed by atoms with Gasteiger partial charge in [-0.05, 0) is 117 Å². The van der Waals surface area contributed by atoms with Crippen molar-refractivity contribution in [2.24, 2.45) is 35.5 Å². The topological polar surface area (TPSA) is 219 Å². The summed E-state index contributed by atoms with van der Waals surface area (Å²) in [6.07, 6.45) is 13.9. The van der Waals surface area contributed by atoms with Crippen molar-refractivity contribution in [3.05, 3.63) is 53.9 Å². The summed E-state index contributed by atoms with van der Waals surface area (Å²) in [5.41, 5.74) is 1.27. The number of tetrazole rings is 1. The molecule has 1 saturated carbocycles. The SMILES string of the molecule is COC1C(=O)C(C)C[C@H](C)C=CC=CC=C(C)[C@@H](OC)C[C@@H]2CC[C@@H](C)[C@@](O)(O2)C(=O)C(=O)N2CCCCC2C(=O)O[C@H]([C@H](C)CC2CC[C@H](n3cnnn3)C(OC)C2)CC(=O)[C@H](C)C=C(C)[C@H]1O. The minimum absolute atomic E-state index is 0.0170. The van der Waals surface area contributed by atoms with Gasteiger partial charge in [-0.3, -0.25) is 19.2 Å². The molecule has 1 aromatic rings. The summed E-state index contributed by atoms with van der Waals surface area (Å²) in [6, 6.07) is -1.19. The maximum absolute atomic E-state index is 14.5. The summed E-state index contributed by atoms with van der Waals surface area (Å²) in [7, 11) is 4.62. The lowest BCUT2D eigenvalue weighted by Gasteiger charge is -2.42. The lowest BCUT2D eigenvalue weighted by molar-refractivity contribution is -0.265. The molecule has 1 amide bonds. The minimum Gasteiger partial charge on any atom is -0.460 e. The summed E-state index contributed by atoms with van der Waals surface area (Å²) in [6.45, 7) is 12.8. The van der Waals surface area contributed by atoms with Gasteiger partial charge in [0.2, 0.25) is 5.79 Å². The maximum Gasteiger partial charge on any atom is 0.329 e. The monoisotopic (exact) mass is 966 g/mol. The number of ether oxygens (including phenoxy) is 5. The van der Waals surface area contributed by atoms with Gasteiger partial charge in [0.25, 0.3) is 11.7 Å². The summed E-state index contributed by atoms with van der Waals surface area (Å²) >= 11 is 0. The van der Waals surface area contributed by atoms with E-state index in [4.69, 9.17) is 23.7 Å². The van der Waals surface area contributed by atoms with Crippen molar-refractivity contribution in [2.75, 3.05) is 27.9 Å². The lowest BCUT2D eigenvalue weighted by Crippen LogP contribution is -2.61. The van der Waals surface area contributed by atoms with E-state index >= 15 is 0 Å². The van der Waals surface area contributed by atoms with Gasteiger partial charge in [-0.1, -0.05) is 71.1 Å². The molecule has 17 heteroatoms. The average Bonchev–Trinajstić information content (AvgIpc) is 3.88. The molecule has 0 aromatic carbocycles. The van der Waals surface area contributed by atoms with Gasteiger partial charge in [0, 0.05) is 58.5 Å². The fourth-order valence-corrected chi connectivity index (χ4v) is 10.7. The third kappa shape index (κ3) is 14.2. The van der Waals surface area contributed by atoms with Crippen molar-refractivity contribution in [1.29, 1.82) is 0 Å². The number of aliphatic hydroxyl groups excluding tert-OH is 1. The number of methoxy groups -OCH3 is 3. The van der Waals surface area contributed by atoms with Crippen LogP contribution in [-0.4, -0.2) is 141 Å². The zero-order valence-corrected chi connectivity index (χ0v) is 42.5. The van der Waals surface area contributed by atoms with Gasteiger partial charge in [-0.25, -0.2) is 9.48 Å². The number of nitrogens with zero attached hydrogens (tertiary/aromatic N) is 5. The Balaban J connectivity index is 1.46. The normalized spacial score (nSPS) is 36.3. The van der Waals surface area contributed by atoms with Crippen LogP contribution in [0.2, 0.25) is 0 Å². The summed E-state index contributed by atoms with van der Waals surface area (Å²) in [5.74, 6) is -7.92. The van der Waals surface area contributed by atoms with Crippen LogP contribution in [0.4, 0.5) is 0 Å². The minimum atomic E-state index is -2.43. The largest absolute Gasteiger partial charge is 0.460 e. The molecule has 69 heavy (non-hydrogen) atoms. The van der Waals surface area contributed by atoms with E-state index in [0.29, 0.717) is 56.9 Å². The number of aromatic nitrogens is 4. The number of amides is 1. The van der Waals surface area contributed by atoms with Gasteiger partial charge in [-0.2, -0.15) is 0 Å². The van der Waals surface area contributed by atoms with Crippen LogP contribution in [0.25, 0.3) is 0 Å². The molecule has 2 saturated heterocycles. The first-order valence-corrected chi connectivity index (χ1v) is 25.0. The molecule has 5 unspecified atom stereocenters. The maximum atomic E-state index is 14.5. The van der Waals surface area contributed by atoms with Crippen molar-refractivity contribution < 1.29 is 57.9 Å². The second-order valence-corrected chi connectivity index (χ2v) is 20.4. The summed E-state index contributed by atoms with van der Waals surface area (Å²) in [5, 5.41) is 35.2. The molecular formula is C52H79N5O12. The molecule has 15 atom stereocenters. The standard InChI is InChI=1S/C52H79N5O12/c1-31-16-12-11-13-17-32(2)43(65-8)28-39-21-19-37(7)52(64,69-39)49(61)50(62)56-23-15-14-18-41(56)51(63)68-44(34(4)26-38-20-22-40(45(27-38)66-9)57-30-53-54-55-57)29-42(58)33(3)25-36(6)47(60)48(67-10)46(59)35(5)24-31/h11-13,16-17,25,30-31,33-35,37-41,43-45,47-48,60,64H,14-15,18-24,26-29H2,1-10H3/t31-,33-,34-,35?,37-,38?,39+,40+,41?,43+,44+,45?,47-,48?,52-/m1/s1. The highest BCUT2D eigenvalue weighted by atomic mass is 16.6. The molecule has 3 fully saturated rings. The van der Waals surface area contributed by atoms with Crippen molar-refractivity contribution in [1.82, 2.24) is 25.1 Å². The second kappa shape index (κ2) is 25.7. The first-order valence-electron chi connectivity index (χ1n) is 25.0. The molecule has 17 nitrogen and oxygen atoms in total. The van der Waals surface area contributed by atoms with E-state index in [-0.39, 0.29) is 60.9 Å². The van der Waals surface area contributed by atoms with E-state index in [9.17, 15) is 34.2 Å². The van der Waals surface area contributed by atoms with Gasteiger partial charge in [-0.15, -0.1) is 5.10 Å². The highest BCUT2D eigenvalue weighted by molar-refractivity contribution is 6.39. The molecule has 384 valence electrons. The van der Waals surface area contributed by atoms with Gasteiger partial charge >= 0.3 is 5.97 Å². The highest BCUT2D eigenvalue weighted by Crippen LogP contribution is 2.39. The lowest BCUT2D eigenvalue weighted by atomic mass is 9.77. The zero-order valence-electron chi connectivity index (χ0n) is 42.5. The number of hydrogen-bond acceptors (Lipinski definition) is 15. The molecular weight excluding hydrogens is 887 g/mol. The molecule has 3 aliphatic heterocycles. The predicted octanol–water partition coefficient (Wildman–Crippen LogP) is 6.05. The molecule has 2 N–H and O–H groups in total. The first-order chi connectivity index (χ1) is 32.8. The molecule has 5 rings (SSSR count). The molecule has 2 bridgehead atoms. The van der Waals surface area contributed by atoms with Crippen LogP contribution in [-0.2, 0) is 47.7 Å². The Morgan fingerprint density at radius 1 is 0.884 bits per heavy atom. The van der Waals surface area contributed by atoms with Crippen molar-refractivity contribution in [3.8, 4) is 0 Å². The number of carbonyl (C=O) groups is 5. The number of fused-ring (bicyclic) bond motifs is 3. The van der Waals surface area contributed by atoms with Crippen LogP contribution in [0.1, 0.15) is 132 Å². The van der Waals surface area contributed by atoms with Crippen LogP contribution in [0.5, 0.6) is 0 Å². The van der Waals surface area contributed by atoms with E-state index < -0.39 is 77.8 Å². The van der Waals surface area contributed by atoms with Gasteiger partial charge in [0.1, 0.15) is 36.5 Å². The van der Waals surface area contributed by atoms with E-state index in [1.54, 1.807) is 52.1 Å². The zero-order chi connectivity index (χ0) is 50.6. The number of rotatable bonds is 7. The van der Waals surface area contributed by atoms with Crippen LogP contribution in [0.15, 0.2) is 53.9 Å². The predicted molar refractivity (Wildman–Crippen MR) is 256 cm³/mol. The highest BCUT2D eigenvalue weighted by Gasteiger charge is 2.53. The third-order valence-electron chi connectivity index (χ3n) is 15.2. The number of cyclic esters (lactones) is 1.